The average molecular weight is 342 g/mol. The summed E-state index contributed by atoms with van der Waals surface area (Å²) in [6.45, 7) is 0. The van der Waals surface area contributed by atoms with Gasteiger partial charge in [-0.1, -0.05) is 48.5 Å². The van der Waals surface area contributed by atoms with Crippen LogP contribution < -0.4 is 0 Å². The van der Waals surface area contributed by atoms with E-state index in [1.165, 1.54) is 54.1 Å². The number of benzene rings is 4. The van der Waals surface area contributed by atoms with Gasteiger partial charge in [0.15, 0.2) is 0 Å². The molecule has 0 atom stereocenters. The second kappa shape index (κ2) is 4.54. The predicted octanol–water partition coefficient (Wildman–Crippen LogP) is 6.54. The average Bonchev–Trinajstić information content (AvgIpc) is 3.15. The van der Waals surface area contributed by atoms with Crippen LogP contribution in [0.3, 0.4) is 0 Å². The Morgan fingerprint density at radius 3 is 2.26 bits per heavy atom. The minimum atomic E-state index is 1.00. The van der Waals surface area contributed by atoms with E-state index in [2.05, 4.69) is 88.2 Å². The maximum absolute atomic E-state index is 4.65. The lowest BCUT2D eigenvalue weighted by molar-refractivity contribution is 1.30. The summed E-state index contributed by atoms with van der Waals surface area (Å²) in [5.41, 5.74) is 3.40. The first kappa shape index (κ1) is 13.5. The zero-order chi connectivity index (χ0) is 17.5. The van der Waals surface area contributed by atoms with Crippen molar-refractivity contribution >= 4 is 59.8 Å². The van der Waals surface area contributed by atoms with E-state index >= 15 is 0 Å². The maximum atomic E-state index is 4.65. The van der Waals surface area contributed by atoms with Crippen LogP contribution in [-0.4, -0.2) is 9.38 Å². The Kier molecular flexibility index (Phi) is 2.28. The number of fused-ring (bicyclic) bond motifs is 5. The van der Waals surface area contributed by atoms with Crippen molar-refractivity contribution in [3.8, 4) is 0 Å². The van der Waals surface area contributed by atoms with Crippen LogP contribution in [0.4, 0.5) is 0 Å². The Bertz CT molecular complexity index is 1670. The van der Waals surface area contributed by atoms with E-state index < -0.39 is 0 Å². The van der Waals surface area contributed by atoms with Crippen LogP contribution in [0.1, 0.15) is 0 Å². The van der Waals surface area contributed by atoms with Crippen LogP contribution >= 0.6 is 0 Å². The molecular weight excluding hydrogens is 328 g/mol. The summed E-state index contributed by atoms with van der Waals surface area (Å²) in [6.07, 6.45) is 2.01. The first-order chi connectivity index (χ1) is 13.4. The zero-order valence-electron chi connectivity index (χ0n) is 14.5. The van der Waals surface area contributed by atoms with Crippen LogP contribution in [-0.2, 0) is 0 Å². The van der Waals surface area contributed by atoms with Gasteiger partial charge in [0.2, 0.25) is 0 Å². The van der Waals surface area contributed by atoms with Gasteiger partial charge in [-0.3, -0.25) is 4.40 Å². The first-order valence-electron chi connectivity index (χ1n) is 9.24. The summed E-state index contributed by atoms with van der Waals surface area (Å²) in [7, 11) is 0. The predicted molar refractivity (Wildman–Crippen MR) is 114 cm³/mol. The third-order valence-electron chi connectivity index (χ3n) is 5.92. The molecule has 7 rings (SSSR count). The highest BCUT2D eigenvalue weighted by Crippen LogP contribution is 2.39. The normalized spacial score (nSPS) is 12.4. The second-order valence-corrected chi connectivity index (χ2v) is 7.32. The van der Waals surface area contributed by atoms with E-state index in [0.717, 1.165) is 5.65 Å². The molecule has 124 valence electrons. The fourth-order valence-electron chi connectivity index (χ4n) is 4.76. The molecule has 0 spiro atoms. The molecule has 3 heterocycles. The molecule has 0 amide bonds. The van der Waals surface area contributed by atoms with Crippen LogP contribution in [0, 0.1) is 0 Å². The largest absolute Gasteiger partial charge is 0.292 e. The molecule has 4 aromatic carbocycles. The molecular formula is C25H14N2. The molecule has 7 aromatic rings. The maximum Gasteiger partial charge on any atom is 0.137 e. The summed E-state index contributed by atoms with van der Waals surface area (Å²) in [6, 6.07) is 28.6. The number of aromatic nitrogens is 2. The van der Waals surface area contributed by atoms with Gasteiger partial charge < -0.3 is 0 Å². The van der Waals surface area contributed by atoms with Gasteiger partial charge >= 0.3 is 0 Å². The molecule has 27 heavy (non-hydrogen) atoms. The molecule has 0 fully saturated rings. The van der Waals surface area contributed by atoms with Gasteiger partial charge in [0.1, 0.15) is 5.65 Å². The Hall–Kier alpha value is -3.65. The Labute approximate surface area is 154 Å². The van der Waals surface area contributed by atoms with Crippen molar-refractivity contribution < 1.29 is 0 Å². The number of rotatable bonds is 0. The lowest BCUT2D eigenvalue weighted by atomic mass is 9.93. The van der Waals surface area contributed by atoms with Gasteiger partial charge in [0, 0.05) is 16.2 Å². The minimum Gasteiger partial charge on any atom is -0.292 e. The number of imidazole rings is 1. The molecule has 0 saturated carbocycles. The van der Waals surface area contributed by atoms with Gasteiger partial charge in [-0.15, -0.1) is 0 Å². The molecule has 0 N–H and O–H groups in total. The summed E-state index contributed by atoms with van der Waals surface area (Å²) in [5, 5.41) is 10.4. The molecule has 3 aromatic heterocycles. The fraction of sp³-hybridized carbons (Fsp3) is 0. The molecule has 0 aliphatic carbocycles. The Morgan fingerprint density at radius 2 is 1.33 bits per heavy atom. The van der Waals surface area contributed by atoms with Gasteiger partial charge in [-0.25, -0.2) is 4.98 Å². The molecule has 2 nitrogen and oxygen atoms in total. The third kappa shape index (κ3) is 1.59. The highest BCUT2D eigenvalue weighted by molar-refractivity contribution is 6.28. The van der Waals surface area contributed by atoms with Gasteiger partial charge in [0.25, 0.3) is 0 Å². The fourth-order valence-corrected chi connectivity index (χ4v) is 4.76. The molecule has 0 aliphatic heterocycles. The van der Waals surface area contributed by atoms with Gasteiger partial charge in [-0.2, -0.15) is 0 Å². The standard InChI is InChI=1S/C25H14N2/c1-2-6-16-12-20-17(11-15(16)5-1)13-21-23-14-26-24-10-4-9-22(27(23)24)19-8-3-7-18(20)25(19)21/h1-14H. The van der Waals surface area contributed by atoms with Gasteiger partial charge in [-0.05, 0) is 57.3 Å². The van der Waals surface area contributed by atoms with E-state index in [9.17, 15) is 0 Å². The van der Waals surface area contributed by atoms with Gasteiger partial charge in [0.05, 0.1) is 17.2 Å². The quantitative estimate of drug-likeness (QED) is 0.226. The van der Waals surface area contributed by atoms with E-state index in [-0.39, 0.29) is 0 Å². The molecule has 0 radical (unpaired) electrons. The smallest absolute Gasteiger partial charge is 0.137 e. The lowest BCUT2D eigenvalue weighted by Gasteiger charge is -2.14. The highest BCUT2D eigenvalue weighted by atomic mass is 15.0. The zero-order valence-corrected chi connectivity index (χ0v) is 14.5. The van der Waals surface area contributed by atoms with Crippen molar-refractivity contribution in [2.24, 2.45) is 0 Å². The van der Waals surface area contributed by atoms with Crippen LogP contribution in [0.2, 0.25) is 0 Å². The summed E-state index contributed by atoms with van der Waals surface area (Å²) < 4.78 is 2.28. The van der Waals surface area contributed by atoms with Crippen LogP contribution in [0.15, 0.2) is 85.1 Å². The Balaban J connectivity index is 1.86. The summed E-state index contributed by atoms with van der Waals surface area (Å²) in [4.78, 5) is 4.65. The molecule has 0 saturated heterocycles. The van der Waals surface area contributed by atoms with E-state index in [0.29, 0.717) is 0 Å². The van der Waals surface area contributed by atoms with Crippen molar-refractivity contribution in [1.29, 1.82) is 0 Å². The lowest BCUT2D eigenvalue weighted by Crippen LogP contribution is -1.93. The van der Waals surface area contributed by atoms with Crippen molar-refractivity contribution in [2.75, 3.05) is 0 Å². The number of hydrogen-bond acceptors (Lipinski definition) is 1. The van der Waals surface area contributed by atoms with Crippen molar-refractivity contribution in [3.63, 3.8) is 0 Å². The van der Waals surface area contributed by atoms with Crippen molar-refractivity contribution in [1.82, 2.24) is 9.38 Å². The van der Waals surface area contributed by atoms with E-state index in [4.69, 9.17) is 0 Å². The molecule has 0 unspecified atom stereocenters. The van der Waals surface area contributed by atoms with Crippen molar-refractivity contribution in [2.45, 2.75) is 0 Å². The van der Waals surface area contributed by atoms with Crippen LogP contribution in [0.5, 0.6) is 0 Å². The SMILES string of the molecule is c1ccc2cc3c(cc2c1)cc1c2c3cccc2c2cccc3ncc1n32. The van der Waals surface area contributed by atoms with E-state index in [1.54, 1.807) is 0 Å². The molecule has 0 aliphatic rings. The van der Waals surface area contributed by atoms with E-state index in [1.807, 2.05) is 6.20 Å². The molecule has 2 heteroatoms. The van der Waals surface area contributed by atoms with Crippen LogP contribution in [0.25, 0.3) is 59.8 Å². The topological polar surface area (TPSA) is 17.3 Å². The highest BCUT2D eigenvalue weighted by Gasteiger charge is 2.15. The monoisotopic (exact) mass is 342 g/mol. The minimum absolute atomic E-state index is 1.00. The van der Waals surface area contributed by atoms with Crippen molar-refractivity contribution in [3.05, 3.63) is 85.1 Å². The number of pyridine rings is 2. The summed E-state index contributed by atoms with van der Waals surface area (Å²) in [5.74, 6) is 0. The second-order valence-electron chi connectivity index (χ2n) is 7.32. The number of nitrogens with zero attached hydrogens (tertiary/aromatic N) is 2. The third-order valence-corrected chi connectivity index (χ3v) is 5.92. The Morgan fingerprint density at radius 1 is 0.556 bits per heavy atom. The summed E-state index contributed by atoms with van der Waals surface area (Å²) >= 11 is 0. The number of hydrogen-bond donors (Lipinski definition) is 0. The first-order valence-corrected chi connectivity index (χ1v) is 9.24. The molecule has 0 bridgehead atoms.